The van der Waals surface area contributed by atoms with Crippen molar-refractivity contribution in [2.75, 3.05) is 6.61 Å². The number of nitrogens with zero attached hydrogens (tertiary/aromatic N) is 2. The van der Waals surface area contributed by atoms with Gasteiger partial charge < -0.3 is 4.74 Å². The van der Waals surface area contributed by atoms with Crippen molar-refractivity contribution in [3.05, 3.63) is 107 Å². The van der Waals surface area contributed by atoms with Gasteiger partial charge in [-0.05, 0) is 35.4 Å². The van der Waals surface area contributed by atoms with Gasteiger partial charge in [-0.15, -0.1) is 0 Å². The van der Waals surface area contributed by atoms with Gasteiger partial charge in [-0.2, -0.15) is 0 Å². The number of carbonyl (C=O) groups is 2. The molecule has 0 saturated carbocycles. The standard InChI is InChI=1S/C26H20N2O3/c29-25-22-11-4-5-12-23(22)26(30)28(25)16-18-7-6-10-21(15-18)31-17-20-13-14-24(27-20)19-8-2-1-3-9-19/h1-12,14-15H,13,16-17H2. The first-order valence-corrected chi connectivity index (χ1v) is 10.2. The molecule has 0 radical (unpaired) electrons. The molecule has 3 aromatic rings. The lowest BCUT2D eigenvalue weighted by atomic mass is 10.1. The molecule has 152 valence electrons. The molecule has 0 aromatic heterocycles. The molecule has 2 heterocycles. The second kappa shape index (κ2) is 8.03. The molecule has 3 aromatic carbocycles. The van der Waals surface area contributed by atoms with Crippen LogP contribution in [0.3, 0.4) is 0 Å². The van der Waals surface area contributed by atoms with Crippen LogP contribution in [-0.2, 0) is 6.54 Å². The summed E-state index contributed by atoms with van der Waals surface area (Å²) < 4.78 is 5.94. The maximum Gasteiger partial charge on any atom is 0.261 e. The number of hydrogen-bond donors (Lipinski definition) is 0. The topological polar surface area (TPSA) is 59.0 Å². The van der Waals surface area contributed by atoms with E-state index in [1.54, 1.807) is 24.3 Å². The first-order chi connectivity index (χ1) is 15.2. The van der Waals surface area contributed by atoms with Crippen LogP contribution < -0.4 is 4.74 Å². The first kappa shape index (κ1) is 19.0. The summed E-state index contributed by atoms with van der Waals surface area (Å²) in [5.41, 5.74) is 4.79. The average Bonchev–Trinajstić information content (AvgIpc) is 3.38. The van der Waals surface area contributed by atoms with E-state index in [0.29, 0.717) is 23.5 Å². The van der Waals surface area contributed by atoms with Gasteiger partial charge in [0, 0.05) is 6.42 Å². The number of benzene rings is 3. The maximum atomic E-state index is 12.6. The molecule has 2 amide bonds. The number of allylic oxidation sites excluding steroid dienone is 1. The molecule has 0 spiro atoms. The van der Waals surface area contributed by atoms with Crippen molar-refractivity contribution in [3.63, 3.8) is 0 Å². The van der Waals surface area contributed by atoms with Crippen LogP contribution in [0.1, 0.15) is 38.3 Å². The molecule has 0 N–H and O–H groups in total. The van der Waals surface area contributed by atoms with Crippen molar-refractivity contribution in [2.45, 2.75) is 13.0 Å². The zero-order valence-corrected chi connectivity index (χ0v) is 16.8. The van der Waals surface area contributed by atoms with Gasteiger partial charge in [0.25, 0.3) is 11.8 Å². The molecule has 0 saturated heterocycles. The summed E-state index contributed by atoms with van der Waals surface area (Å²) in [6.07, 6.45) is 2.87. The third kappa shape index (κ3) is 3.78. The van der Waals surface area contributed by atoms with Crippen molar-refractivity contribution in [2.24, 2.45) is 4.99 Å². The predicted molar refractivity (Wildman–Crippen MR) is 119 cm³/mol. The Morgan fingerprint density at radius 3 is 2.29 bits per heavy atom. The Balaban J connectivity index is 1.24. The Labute approximate surface area is 180 Å². The molecule has 5 nitrogen and oxygen atoms in total. The molecular formula is C26H20N2O3. The quantitative estimate of drug-likeness (QED) is 0.553. The summed E-state index contributed by atoms with van der Waals surface area (Å²) in [5.74, 6) is 0.170. The van der Waals surface area contributed by atoms with Gasteiger partial charge in [0.1, 0.15) is 12.4 Å². The predicted octanol–water partition coefficient (Wildman–Crippen LogP) is 4.75. The van der Waals surface area contributed by atoms with Gasteiger partial charge in [-0.1, -0.05) is 60.7 Å². The SMILES string of the molecule is O=C1c2ccccc2C(=O)N1Cc1cccc(OCC2=NC(c3ccccc3)=CC2)c1. The fourth-order valence-corrected chi connectivity index (χ4v) is 3.82. The largest absolute Gasteiger partial charge is 0.488 e. The van der Waals surface area contributed by atoms with Crippen LogP contribution in [0, 0.1) is 0 Å². The number of imide groups is 1. The van der Waals surface area contributed by atoms with Gasteiger partial charge in [0.15, 0.2) is 0 Å². The number of hydrogen-bond acceptors (Lipinski definition) is 4. The van der Waals surface area contributed by atoms with Crippen LogP contribution in [0.15, 0.2) is 89.9 Å². The summed E-state index contributed by atoms with van der Waals surface area (Å²) in [6, 6.07) is 24.5. The fourth-order valence-electron chi connectivity index (χ4n) is 3.82. The molecule has 0 bridgehead atoms. The van der Waals surface area contributed by atoms with Crippen molar-refractivity contribution < 1.29 is 14.3 Å². The van der Waals surface area contributed by atoms with E-state index in [1.807, 2.05) is 54.6 Å². The molecule has 31 heavy (non-hydrogen) atoms. The van der Waals surface area contributed by atoms with E-state index in [0.717, 1.165) is 29.0 Å². The van der Waals surface area contributed by atoms with Crippen LogP contribution >= 0.6 is 0 Å². The van der Waals surface area contributed by atoms with Crippen LogP contribution in [0.25, 0.3) is 5.70 Å². The van der Waals surface area contributed by atoms with Crippen LogP contribution in [0.4, 0.5) is 0 Å². The third-order valence-electron chi connectivity index (χ3n) is 5.40. The van der Waals surface area contributed by atoms with E-state index in [9.17, 15) is 9.59 Å². The number of ether oxygens (including phenoxy) is 1. The molecule has 2 aliphatic heterocycles. The molecule has 5 rings (SSSR count). The monoisotopic (exact) mass is 408 g/mol. The highest BCUT2D eigenvalue weighted by atomic mass is 16.5. The van der Waals surface area contributed by atoms with E-state index in [1.165, 1.54) is 4.90 Å². The molecule has 0 unspecified atom stereocenters. The first-order valence-electron chi connectivity index (χ1n) is 10.2. The lowest BCUT2D eigenvalue weighted by molar-refractivity contribution is 0.0642. The van der Waals surface area contributed by atoms with Crippen molar-refractivity contribution >= 4 is 23.2 Å². The van der Waals surface area contributed by atoms with Crippen molar-refractivity contribution in [1.82, 2.24) is 4.90 Å². The third-order valence-corrected chi connectivity index (χ3v) is 5.40. The minimum atomic E-state index is -0.258. The Bertz CT molecular complexity index is 1190. The number of carbonyl (C=O) groups excluding carboxylic acids is 2. The summed E-state index contributed by atoms with van der Waals surface area (Å²) in [6.45, 7) is 0.605. The molecule has 5 heteroatoms. The number of amides is 2. The lowest BCUT2D eigenvalue weighted by Crippen LogP contribution is -2.29. The van der Waals surface area contributed by atoms with Gasteiger partial charge in [0.2, 0.25) is 0 Å². The van der Waals surface area contributed by atoms with Crippen LogP contribution in [-0.4, -0.2) is 29.0 Å². The van der Waals surface area contributed by atoms with Gasteiger partial charge in [0.05, 0.1) is 29.1 Å². The van der Waals surface area contributed by atoms with Crippen molar-refractivity contribution in [1.29, 1.82) is 0 Å². The molecule has 2 aliphatic rings. The van der Waals surface area contributed by atoms with E-state index in [4.69, 9.17) is 4.74 Å². The summed E-state index contributed by atoms with van der Waals surface area (Å²) in [7, 11) is 0. The Hall–Kier alpha value is -3.99. The highest BCUT2D eigenvalue weighted by Gasteiger charge is 2.34. The summed E-state index contributed by atoms with van der Waals surface area (Å²) in [4.78, 5) is 31.1. The van der Waals surface area contributed by atoms with E-state index < -0.39 is 0 Å². The van der Waals surface area contributed by atoms with Gasteiger partial charge >= 0.3 is 0 Å². The molecule has 0 fully saturated rings. The minimum absolute atomic E-state index is 0.213. The second-order valence-corrected chi connectivity index (χ2v) is 7.52. The van der Waals surface area contributed by atoms with Gasteiger partial charge in [-0.25, -0.2) is 0 Å². The zero-order valence-electron chi connectivity index (χ0n) is 16.8. The lowest BCUT2D eigenvalue weighted by Gasteiger charge is -2.15. The average molecular weight is 408 g/mol. The number of fused-ring (bicyclic) bond motifs is 1. The Morgan fingerprint density at radius 2 is 1.55 bits per heavy atom. The van der Waals surface area contributed by atoms with Crippen molar-refractivity contribution in [3.8, 4) is 5.75 Å². The normalized spacial score (nSPS) is 15.0. The Kier molecular flexibility index (Phi) is 4.92. The minimum Gasteiger partial charge on any atom is -0.488 e. The second-order valence-electron chi connectivity index (χ2n) is 7.52. The maximum absolute atomic E-state index is 12.6. The highest BCUT2D eigenvalue weighted by molar-refractivity contribution is 6.21. The molecule has 0 aliphatic carbocycles. The van der Waals surface area contributed by atoms with Crippen LogP contribution in [0.2, 0.25) is 0 Å². The summed E-state index contributed by atoms with van der Waals surface area (Å²) in [5, 5.41) is 0. The van der Waals surface area contributed by atoms with E-state index in [-0.39, 0.29) is 18.4 Å². The van der Waals surface area contributed by atoms with Gasteiger partial charge in [-0.3, -0.25) is 19.5 Å². The number of rotatable bonds is 6. The molecule has 0 atom stereocenters. The summed E-state index contributed by atoms with van der Waals surface area (Å²) >= 11 is 0. The van der Waals surface area contributed by atoms with Crippen LogP contribution in [0.5, 0.6) is 5.75 Å². The molecular weight excluding hydrogens is 388 g/mol. The Morgan fingerprint density at radius 1 is 0.839 bits per heavy atom. The van der Waals surface area contributed by atoms with E-state index in [2.05, 4.69) is 11.1 Å². The fraction of sp³-hybridized carbons (Fsp3) is 0.115. The highest BCUT2D eigenvalue weighted by Crippen LogP contribution is 2.26. The smallest absolute Gasteiger partial charge is 0.261 e. The zero-order chi connectivity index (χ0) is 21.2. The van der Waals surface area contributed by atoms with E-state index >= 15 is 0 Å². The number of aliphatic imine (C=N–C) groups is 1.